The van der Waals surface area contributed by atoms with Gasteiger partial charge in [-0.25, -0.2) is 4.98 Å². The van der Waals surface area contributed by atoms with E-state index in [1.54, 1.807) is 13.3 Å². The van der Waals surface area contributed by atoms with E-state index in [0.717, 1.165) is 18.5 Å². The molecule has 1 N–H and O–H groups in total. The van der Waals surface area contributed by atoms with Gasteiger partial charge >= 0.3 is 0 Å². The Bertz CT molecular complexity index is 446. The summed E-state index contributed by atoms with van der Waals surface area (Å²) in [5.74, 6) is 0.554. The van der Waals surface area contributed by atoms with E-state index < -0.39 is 0 Å². The molecular weight excluding hydrogens is 270 g/mol. The first-order valence-corrected chi connectivity index (χ1v) is 7.42. The molecular formula is C15H25N3O3. The predicted octanol–water partition coefficient (Wildman–Crippen LogP) is 1.86. The highest BCUT2D eigenvalue weighted by atomic mass is 16.5. The lowest BCUT2D eigenvalue weighted by molar-refractivity contribution is -0.128. The van der Waals surface area contributed by atoms with Crippen LogP contribution in [0.2, 0.25) is 0 Å². The number of ether oxygens (including phenoxy) is 2. The number of methoxy groups -OCH3 is 1. The van der Waals surface area contributed by atoms with Crippen molar-refractivity contribution in [2.75, 3.05) is 20.3 Å². The Morgan fingerprint density at radius 1 is 1.43 bits per heavy atom. The molecule has 0 aliphatic carbocycles. The van der Waals surface area contributed by atoms with E-state index in [-0.39, 0.29) is 11.8 Å². The summed E-state index contributed by atoms with van der Waals surface area (Å²) in [4.78, 5) is 20.4. The van der Waals surface area contributed by atoms with Crippen molar-refractivity contribution in [3.63, 3.8) is 0 Å². The fourth-order valence-corrected chi connectivity index (χ4v) is 2.04. The second kappa shape index (κ2) is 9.28. The summed E-state index contributed by atoms with van der Waals surface area (Å²) in [7, 11) is 1.55. The minimum absolute atomic E-state index is 0.0400. The predicted molar refractivity (Wildman–Crippen MR) is 80.1 cm³/mol. The van der Waals surface area contributed by atoms with Gasteiger partial charge in [0.25, 0.3) is 0 Å². The van der Waals surface area contributed by atoms with Gasteiger partial charge in [-0.15, -0.1) is 0 Å². The van der Waals surface area contributed by atoms with Gasteiger partial charge in [0.15, 0.2) is 0 Å². The SMILES string of the molecule is CC.COc1nc(C)cnc1CNC(=O)C1CCOCC1. The Morgan fingerprint density at radius 3 is 2.71 bits per heavy atom. The summed E-state index contributed by atoms with van der Waals surface area (Å²) < 4.78 is 10.4. The van der Waals surface area contributed by atoms with Crippen molar-refractivity contribution in [1.82, 2.24) is 15.3 Å². The van der Waals surface area contributed by atoms with Crippen LogP contribution in [0.15, 0.2) is 6.20 Å². The molecule has 1 saturated heterocycles. The van der Waals surface area contributed by atoms with Crippen molar-refractivity contribution in [3.05, 3.63) is 17.6 Å². The fraction of sp³-hybridized carbons (Fsp3) is 0.667. The molecule has 6 nitrogen and oxygen atoms in total. The highest BCUT2D eigenvalue weighted by Crippen LogP contribution is 2.16. The smallest absolute Gasteiger partial charge is 0.237 e. The molecule has 1 aromatic rings. The van der Waals surface area contributed by atoms with E-state index in [4.69, 9.17) is 9.47 Å². The van der Waals surface area contributed by atoms with E-state index in [1.807, 2.05) is 20.8 Å². The number of aryl methyl sites for hydroxylation is 1. The maximum atomic E-state index is 12.0. The maximum Gasteiger partial charge on any atom is 0.237 e. The van der Waals surface area contributed by atoms with E-state index in [1.165, 1.54) is 0 Å². The van der Waals surface area contributed by atoms with Gasteiger partial charge in [-0.3, -0.25) is 9.78 Å². The number of rotatable bonds is 4. The van der Waals surface area contributed by atoms with Crippen LogP contribution in [0.3, 0.4) is 0 Å². The van der Waals surface area contributed by atoms with Gasteiger partial charge in [0.2, 0.25) is 11.8 Å². The molecule has 0 saturated carbocycles. The van der Waals surface area contributed by atoms with Crippen LogP contribution >= 0.6 is 0 Å². The molecule has 1 aliphatic heterocycles. The lowest BCUT2D eigenvalue weighted by Crippen LogP contribution is -2.34. The van der Waals surface area contributed by atoms with Crippen molar-refractivity contribution in [2.24, 2.45) is 5.92 Å². The third-order valence-electron chi connectivity index (χ3n) is 3.15. The summed E-state index contributed by atoms with van der Waals surface area (Å²) >= 11 is 0. The number of carbonyl (C=O) groups is 1. The van der Waals surface area contributed by atoms with Crippen molar-refractivity contribution < 1.29 is 14.3 Å². The zero-order valence-corrected chi connectivity index (χ0v) is 13.3. The average molecular weight is 295 g/mol. The normalized spacial score (nSPS) is 14.9. The second-order valence-electron chi connectivity index (χ2n) is 4.57. The zero-order chi connectivity index (χ0) is 15.7. The molecule has 2 heterocycles. The summed E-state index contributed by atoms with van der Waals surface area (Å²) in [6.45, 7) is 7.50. The van der Waals surface area contributed by atoms with Gasteiger partial charge in [-0.2, -0.15) is 0 Å². The number of hydrogen-bond donors (Lipinski definition) is 1. The number of nitrogens with zero attached hydrogens (tertiary/aromatic N) is 2. The molecule has 1 aliphatic rings. The first-order valence-electron chi connectivity index (χ1n) is 7.42. The van der Waals surface area contributed by atoms with E-state index in [2.05, 4.69) is 15.3 Å². The van der Waals surface area contributed by atoms with Crippen molar-refractivity contribution in [2.45, 2.75) is 40.2 Å². The molecule has 0 bridgehead atoms. The molecule has 0 radical (unpaired) electrons. The molecule has 0 aromatic carbocycles. The molecule has 1 aromatic heterocycles. The molecule has 6 heteroatoms. The Labute approximate surface area is 126 Å². The summed E-state index contributed by atoms with van der Waals surface area (Å²) in [6, 6.07) is 0. The Balaban J connectivity index is 0.00000106. The Morgan fingerprint density at radius 2 is 2.10 bits per heavy atom. The van der Waals surface area contributed by atoms with Gasteiger partial charge < -0.3 is 14.8 Å². The van der Waals surface area contributed by atoms with Crippen LogP contribution < -0.4 is 10.1 Å². The molecule has 21 heavy (non-hydrogen) atoms. The Kier molecular flexibility index (Phi) is 7.68. The van der Waals surface area contributed by atoms with Crippen molar-refractivity contribution >= 4 is 5.91 Å². The molecule has 0 atom stereocenters. The van der Waals surface area contributed by atoms with Crippen LogP contribution in [0.1, 0.15) is 38.1 Å². The second-order valence-corrected chi connectivity index (χ2v) is 4.57. The van der Waals surface area contributed by atoms with Crippen LogP contribution in [0.25, 0.3) is 0 Å². The van der Waals surface area contributed by atoms with Gasteiger partial charge in [0.05, 0.1) is 19.3 Å². The van der Waals surface area contributed by atoms with E-state index in [9.17, 15) is 4.79 Å². The zero-order valence-electron chi connectivity index (χ0n) is 13.3. The first-order chi connectivity index (χ1) is 10.2. The van der Waals surface area contributed by atoms with Gasteiger partial charge in [0, 0.05) is 25.3 Å². The van der Waals surface area contributed by atoms with Crippen LogP contribution in [-0.2, 0) is 16.1 Å². The minimum atomic E-state index is 0.0400. The highest BCUT2D eigenvalue weighted by Gasteiger charge is 2.21. The molecule has 118 valence electrons. The van der Waals surface area contributed by atoms with E-state index in [0.29, 0.717) is 31.3 Å². The third kappa shape index (κ3) is 5.30. The van der Waals surface area contributed by atoms with Crippen LogP contribution in [-0.4, -0.2) is 36.2 Å². The van der Waals surface area contributed by atoms with Crippen LogP contribution in [0.4, 0.5) is 0 Å². The largest absolute Gasteiger partial charge is 0.480 e. The monoisotopic (exact) mass is 295 g/mol. The lowest BCUT2D eigenvalue weighted by Gasteiger charge is -2.21. The summed E-state index contributed by atoms with van der Waals surface area (Å²) in [5.41, 5.74) is 1.44. The lowest BCUT2D eigenvalue weighted by atomic mass is 9.99. The minimum Gasteiger partial charge on any atom is -0.480 e. The highest BCUT2D eigenvalue weighted by molar-refractivity contribution is 5.78. The fourth-order valence-electron chi connectivity index (χ4n) is 2.04. The van der Waals surface area contributed by atoms with Crippen LogP contribution in [0.5, 0.6) is 5.88 Å². The number of aromatic nitrogens is 2. The van der Waals surface area contributed by atoms with Crippen molar-refractivity contribution in [3.8, 4) is 5.88 Å². The number of amides is 1. The molecule has 0 unspecified atom stereocenters. The van der Waals surface area contributed by atoms with Gasteiger partial charge in [0.1, 0.15) is 5.69 Å². The standard InChI is InChI=1S/C13H19N3O3.C2H6/c1-9-7-14-11(13(16-9)18-2)8-15-12(17)10-3-5-19-6-4-10;1-2/h7,10H,3-6,8H2,1-2H3,(H,15,17);1-2H3. The summed E-state index contributed by atoms with van der Waals surface area (Å²) in [6.07, 6.45) is 3.23. The number of nitrogens with one attached hydrogen (secondary N) is 1. The Hall–Kier alpha value is -1.69. The molecule has 2 rings (SSSR count). The first kappa shape index (κ1) is 17.4. The number of hydrogen-bond acceptors (Lipinski definition) is 5. The van der Waals surface area contributed by atoms with Crippen molar-refractivity contribution in [1.29, 1.82) is 0 Å². The average Bonchev–Trinajstić information content (AvgIpc) is 2.56. The number of carbonyl (C=O) groups excluding carboxylic acids is 1. The topological polar surface area (TPSA) is 73.3 Å². The maximum absolute atomic E-state index is 12.0. The van der Waals surface area contributed by atoms with Gasteiger partial charge in [-0.05, 0) is 19.8 Å². The molecule has 1 amide bonds. The van der Waals surface area contributed by atoms with Crippen LogP contribution in [0, 0.1) is 12.8 Å². The third-order valence-corrected chi connectivity index (χ3v) is 3.15. The van der Waals surface area contributed by atoms with Gasteiger partial charge in [-0.1, -0.05) is 13.8 Å². The molecule has 1 fully saturated rings. The molecule has 0 spiro atoms. The summed E-state index contributed by atoms with van der Waals surface area (Å²) in [5, 5.41) is 2.89. The quantitative estimate of drug-likeness (QED) is 0.918. The van der Waals surface area contributed by atoms with E-state index >= 15 is 0 Å².